The van der Waals surface area contributed by atoms with Gasteiger partial charge in [0.2, 0.25) is 5.91 Å². The van der Waals surface area contributed by atoms with Gasteiger partial charge in [-0.3, -0.25) is 9.69 Å². The standard InChI is InChI=1S/C14H19N3O/c15-14(18)12-5-7-17(9-12)8-11-3-1-2-10-4-6-16-13(10)11/h1-3,12,16H,4-9H2,(H2,15,18). The van der Waals surface area contributed by atoms with E-state index in [2.05, 4.69) is 28.4 Å². The van der Waals surface area contributed by atoms with Crippen LogP contribution >= 0.6 is 0 Å². The highest BCUT2D eigenvalue weighted by atomic mass is 16.1. The molecule has 4 nitrogen and oxygen atoms in total. The summed E-state index contributed by atoms with van der Waals surface area (Å²) in [4.78, 5) is 13.5. The van der Waals surface area contributed by atoms with Gasteiger partial charge in [-0.2, -0.15) is 0 Å². The molecule has 0 saturated carbocycles. The molecule has 4 heteroatoms. The summed E-state index contributed by atoms with van der Waals surface area (Å²) in [5, 5.41) is 3.46. The third kappa shape index (κ3) is 2.08. The van der Waals surface area contributed by atoms with Crippen LogP contribution in [0.3, 0.4) is 0 Å². The highest BCUT2D eigenvalue weighted by Gasteiger charge is 2.27. The molecule has 2 aliphatic rings. The first-order chi connectivity index (χ1) is 8.74. The third-order valence-electron chi connectivity index (χ3n) is 4.00. The molecule has 0 aliphatic carbocycles. The van der Waals surface area contributed by atoms with Crippen molar-refractivity contribution in [1.29, 1.82) is 0 Å². The summed E-state index contributed by atoms with van der Waals surface area (Å²) in [5.41, 5.74) is 9.43. The van der Waals surface area contributed by atoms with Gasteiger partial charge in [-0.1, -0.05) is 18.2 Å². The molecule has 0 radical (unpaired) electrons. The van der Waals surface area contributed by atoms with E-state index in [0.29, 0.717) is 0 Å². The minimum Gasteiger partial charge on any atom is -0.384 e. The molecule has 1 aromatic carbocycles. The van der Waals surface area contributed by atoms with Crippen molar-refractivity contribution in [2.24, 2.45) is 11.7 Å². The molecule has 1 fully saturated rings. The van der Waals surface area contributed by atoms with E-state index < -0.39 is 0 Å². The van der Waals surface area contributed by atoms with Gasteiger partial charge >= 0.3 is 0 Å². The van der Waals surface area contributed by atoms with Crippen LogP contribution in [0.1, 0.15) is 17.5 Å². The Hall–Kier alpha value is -1.55. The lowest BCUT2D eigenvalue weighted by molar-refractivity contribution is -0.121. The summed E-state index contributed by atoms with van der Waals surface area (Å²) in [6.45, 7) is 3.73. The normalized spacial score (nSPS) is 22.8. The Morgan fingerprint density at radius 1 is 1.50 bits per heavy atom. The molecular formula is C14H19N3O. The minimum absolute atomic E-state index is 0.0368. The Balaban J connectivity index is 1.71. The molecule has 1 unspecified atom stereocenters. The zero-order valence-electron chi connectivity index (χ0n) is 10.5. The molecule has 96 valence electrons. The first kappa shape index (κ1) is 11.5. The number of likely N-dealkylation sites (tertiary alicyclic amines) is 1. The second-order valence-electron chi connectivity index (χ2n) is 5.25. The fourth-order valence-corrected chi connectivity index (χ4v) is 2.99. The summed E-state index contributed by atoms with van der Waals surface area (Å²) in [6.07, 6.45) is 2.02. The van der Waals surface area contributed by atoms with Gasteiger partial charge in [-0.05, 0) is 30.5 Å². The summed E-state index contributed by atoms with van der Waals surface area (Å²) >= 11 is 0. The molecule has 1 amide bonds. The van der Waals surface area contributed by atoms with Gasteiger partial charge in [0.25, 0.3) is 0 Å². The predicted octanol–water partition coefficient (Wildman–Crippen LogP) is 0.962. The fraction of sp³-hybridized carbons (Fsp3) is 0.500. The second kappa shape index (κ2) is 4.61. The number of nitrogens with zero attached hydrogens (tertiary/aromatic N) is 1. The molecule has 0 spiro atoms. The number of benzene rings is 1. The van der Waals surface area contributed by atoms with Crippen LogP contribution < -0.4 is 11.1 Å². The quantitative estimate of drug-likeness (QED) is 0.834. The average Bonchev–Trinajstić information content (AvgIpc) is 2.97. The maximum Gasteiger partial charge on any atom is 0.221 e. The maximum absolute atomic E-state index is 11.2. The SMILES string of the molecule is NC(=O)C1CCN(Cc2cccc3c2NCC3)C1. The van der Waals surface area contributed by atoms with E-state index in [4.69, 9.17) is 5.73 Å². The van der Waals surface area contributed by atoms with Gasteiger partial charge in [0.15, 0.2) is 0 Å². The Kier molecular flexibility index (Phi) is 2.96. The molecule has 2 heterocycles. The molecule has 1 saturated heterocycles. The van der Waals surface area contributed by atoms with Crippen LogP contribution in [0.15, 0.2) is 18.2 Å². The number of fused-ring (bicyclic) bond motifs is 1. The van der Waals surface area contributed by atoms with Crippen LogP contribution in [-0.2, 0) is 17.8 Å². The molecule has 0 aromatic heterocycles. The van der Waals surface area contributed by atoms with Crippen LogP contribution in [0.2, 0.25) is 0 Å². The molecule has 1 aromatic rings. The fourth-order valence-electron chi connectivity index (χ4n) is 2.99. The lowest BCUT2D eigenvalue weighted by Gasteiger charge is -2.17. The van der Waals surface area contributed by atoms with Crippen LogP contribution in [0.25, 0.3) is 0 Å². The van der Waals surface area contributed by atoms with Gasteiger partial charge in [0, 0.05) is 25.3 Å². The summed E-state index contributed by atoms with van der Waals surface area (Å²) < 4.78 is 0. The lowest BCUT2D eigenvalue weighted by atomic mass is 10.1. The van der Waals surface area contributed by atoms with Crippen molar-refractivity contribution < 1.29 is 4.79 Å². The molecular weight excluding hydrogens is 226 g/mol. The average molecular weight is 245 g/mol. The number of nitrogens with one attached hydrogen (secondary N) is 1. The number of rotatable bonds is 3. The molecule has 3 rings (SSSR count). The number of para-hydroxylation sites is 1. The van der Waals surface area contributed by atoms with Gasteiger partial charge in [-0.15, -0.1) is 0 Å². The van der Waals surface area contributed by atoms with Crippen molar-refractivity contribution in [2.45, 2.75) is 19.4 Å². The molecule has 1 atom stereocenters. The molecule has 0 bridgehead atoms. The lowest BCUT2D eigenvalue weighted by Crippen LogP contribution is -2.27. The zero-order valence-corrected chi connectivity index (χ0v) is 10.5. The van der Waals surface area contributed by atoms with E-state index in [1.54, 1.807) is 0 Å². The number of nitrogens with two attached hydrogens (primary N) is 1. The smallest absolute Gasteiger partial charge is 0.221 e. The maximum atomic E-state index is 11.2. The van der Waals surface area contributed by atoms with Gasteiger partial charge in [0.1, 0.15) is 0 Å². The number of carbonyl (C=O) groups is 1. The van der Waals surface area contributed by atoms with Gasteiger partial charge in [0.05, 0.1) is 5.92 Å². The highest BCUT2D eigenvalue weighted by Crippen LogP contribution is 2.28. The number of anilines is 1. The number of primary amides is 1. The van der Waals surface area contributed by atoms with Gasteiger partial charge in [-0.25, -0.2) is 0 Å². The Morgan fingerprint density at radius 2 is 2.39 bits per heavy atom. The molecule has 3 N–H and O–H groups in total. The Morgan fingerprint density at radius 3 is 3.17 bits per heavy atom. The van der Waals surface area contributed by atoms with Crippen LogP contribution in [0.4, 0.5) is 5.69 Å². The number of carbonyl (C=O) groups excluding carboxylic acids is 1. The topological polar surface area (TPSA) is 58.4 Å². The van der Waals surface area contributed by atoms with Crippen LogP contribution in [-0.4, -0.2) is 30.4 Å². The largest absolute Gasteiger partial charge is 0.384 e. The summed E-state index contributed by atoms with van der Waals surface area (Å²) in [6, 6.07) is 6.49. The predicted molar refractivity (Wildman–Crippen MR) is 71.2 cm³/mol. The number of hydrogen-bond acceptors (Lipinski definition) is 3. The van der Waals surface area contributed by atoms with E-state index in [0.717, 1.165) is 39.0 Å². The molecule has 2 aliphatic heterocycles. The Bertz CT molecular complexity index is 472. The summed E-state index contributed by atoms with van der Waals surface area (Å²) in [5.74, 6) is -0.122. The molecule has 18 heavy (non-hydrogen) atoms. The van der Waals surface area contributed by atoms with Crippen molar-refractivity contribution in [3.8, 4) is 0 Å². The first-order valence-electron chi connectivity index (χ1n) is 6.60. The van der Waals surface area contributed by atoms with E-state index in [1.165, 1.54) is 16.8 Å². The second-order valence-corrected chi connectivity index (χ2v) is 5.25. The first-order valence-corrected chi connectivity index (χ1v) is 6.60. The van der Waals surface area contributed by atoms with Crippen LogP contribution in [0, 0.1) is 5.92 Å². The van der Waals surface area contributed by atoms with E-state index in [9.17, 15) is 4.79 Å². The third-order valence-corrected chi connectivity index (χ3v) is 4.00. The minimum atomic E-state index is -0.158. The van der Waals surface area contributed by atoms with Crippen molar-refractivity contribution in [3.05, 3.63) is 29.3 Å². The summed E-state index contributed by atoms with van der Waals surface area (Å²) in [7, 11) is 0. The van der Waals surface area contributed by atoms with E-state index in [-0.39, 0.29) is 11.8 Å². The monoisotopic (exact) mass is 245 g/mol. The van der Waals surface area contributed by atoms with Crippen molar-refractivity contribution in [1.82, 2.24) is 4.90 Å². The van der Waals surface area contributed by atoms with Crippen LogP contribution in [0.5, 0.6) is 0 Å². The van der Waals surface area contributed by atoms with E-state index >= 15 is 0 Å². The van der Waals surface area contributed by atoms with Crippen molar-refractivity contribution in [2.75, 3.05) is 25.0 Å². The number of amides is 1. The Labute approximate surface area is 107 Å². The van der Waals surface area contributed by atoms with Crippen molar-refractivity contribution >= 4 is 11.6 Å². The van der Waals surface area contributed by atoms with E-state index in [1.807, 2.05) is 0 Å². The highest BCUT2D eigenvalue weighted by molar-refractivity contribution is 5.77. The van der Waals surface area contributed by atoms with Crippen molar-refractivity contribution in [3.63, 3.8) is 0 Å². The zero-order chi connectivity index (χ0) is 12.5. The van der Waals surface area contributed by atoms with Gasteiger partial charge < -0.3 is 11.1 Å². The number of hydrogen-bond donors (Lipinski definition) is 2.